The van der Waals surface area contributed by atoms with E-state index in [4.69, 9.17) is 16.3 Å². The highest BCUT2D eigenvalue weighted by atomic mass is 35.5. The fourth-order valence-corrected chi connectivity index (χ4v) is 5.50. The number of benzene rings is 3. The third-order valence-corrected chi connectivity index (χ3v) is 7.32. The molecule has 0 aliphatic carbocycles. The lowest BCUT2D eigenvalue weighted by molar-refractivity contribution is -0.132. The summed E-state index contributed by atoms with van der Waals surface area (Å²) >= 11 is 7.27. The number of hydrogen-bond acceptors (Lipinski definition) is 6. The van der Waals surface area contributed by atoms with E-state index in [-0.39, 0.29) is 21.8 Å². The maximum Gasteiger partial charge on any atom is 0.301 e. The number of unbranched alkanes of at least 4 members (excludes halogenated alkanes) is 1. The van der Waals surface area contributed by atoms with Crippen LogP contribution >= 0.6 is 22.9 Å². The monoisotopic (exact) mass is 536 g/mol. The number of carbonyl (C=O) groups excluding carboxylic acids is 2. The number of thiazole rings is 1. The van der Waals surface area contributed by atoms with Crippen LogP contribution in [0.3, 0.4) is 0 Å². The number of aliphatic hydroxyl groups excluding tert-OH is 1. The van der Waals surface area contributed by atoms with Crippen molar-refractivity contribution >= 4 is 55.7 Å². The van der Waals surface area contributed by atoms with Gasteiger partial charge in [-0.1, -0.05) is 66.6 Å². The summed E-state index contributed by atoms with van der Waals surface area (Å²) in [6, 6.07) is 16.3. The first-order valence-electron chi connectivity index (χ1n) is 11.7. The van der Waals surface area contributed by atoms with Crippen molar-refractivity contribution in [3.05, 3.63) is 94.3 Å². The molecule has 0 saturated carbocycles. The maximum atomic E-state index is 15.1. The second-order valence-corrected chi connectivity index (χ2v) is 9.97. The zero-order chi connectivity index (χ0) is 26.1. The number of nitrogens with zero attached hydrogens (tertiary/aromatic N) is 2. The first-order chi connectivity index (χ1) is 17.9. The molecule has 6 nitrogen and oxygen atoms in total. The van der Waals surface area contributed by atoms with Crippen LogP contribution in [0.5, 0.6) is 5.75 Å². The fourth-order valence-electron chi connectivity index (χ4n) is 4.23. The highest BCUT2D eigenvalue weighted by Gasteiger charge is 2.49. The Bertz CT molecular complexity index is 1550. The minimum absolute atomic E-state index is 0.0656. The molecule has 37 heavy (non-hydrogen) atoms. The topological polar surface area (TPSA) is 79.7 Å². The smallest absolute Gasteiger partial charge is 0.301 e. The van der Waals surface area contributed by atoms with Crippen molar-refractivity contribution in [3.8, 4) is 5.75 Å². The summed E-state index contributed by atoms with van der Waals surface area (Å²) in [5.41, 5.74) is 0.703. The maximum absolute atomic E-state index is 15.1. The molecule has 0 spiro atoms. The summed E-state index contributed by atoms with van der Waals surface area (Å²) in [4.78, 5) is 32.4. The fraction of sp³-hybridized carbons (Fsp3) is 0.179. The molecular formula is C28H22ClFN2O4S. The number of aromatic nitrogens is 1. The van der Waals surface area contributed by atoms with E-state index in [1.165, 1.54) is 18.2 Å². The second kappa shape index (κ2) is 10.3. The third-order valence-electron chi connectivity index (χ3n) is 6.06. The van der Waals surface area contributed by atoms with Crippen molar-refractivity contribution in [3.63, 3.8) is 0 Å². The Labute approximate surface area is 221 Å². The number of anilines is 1. The molecule has 1 amide bonds. The molecule has 1 saturated heterocycles. The van der Waals surface area contributed by atoms with E-state index in [1.54, 1.807) is 48.5 Å². The number of rotatable bonds is 7. The molecule has 0 bridgehead atoms. The summed E-state index contributed by atoms with van der Waals surface area (Å²) in [6.07, 6.45) is 1.83. The van der Waals surface area contributed by atoms with Crippen LogP contribution in [0, 0.1) is 5.82 Å². The largest absolute Gasteiger partial charge is 0.507 e. The van der Waals surface area contributed by atoms with Gasteiger partial charge in [0.15, 0.2) is 5.13 Å². The van der Waals surface area contributed by atoms with E-state index in [1.807, 2.05) is 6.92 Å². The van der Waals surface area contributed by atoms with Crippen molar-refractivity contribution in [2.45, 2.75) is 25.8 Å². The van der Waals surface area contributed by atoms with Crippen molar-refractivity contribution in [1.82, 2.24) is 4.98 Å². The van der Waals surface area contributed by atoms with Crippen LogP contribution in [0.25, 0.3) is 16.0 Å². The molecule has 5 rings (SSSR count). The molecule has 2 heterocycles. The predicted molar refractivity (Wildman–Crippen MR) is 143 cm³/mol. The number of fused-ring (bicyclic) bond motifs is 1. The van der Waals surface area contributed by atoms with Crippen LogP contribution in [0.4, 0.5) is 9.52 Å². The van der Waals surface area contributed by atoms with E-state index in [9.17, 15) is 14.7 Å². The van der Waals surface area contributed by atoms with E-state index in [0.717, 1.165) is 29.1 Å². The zero-order valence-electron chi connectivity index (χ0n) is 19.8. The molecule has 1 aliphatic heterocycles. The van der Waals surface area contributed by atoms with Gasteiger partial charge in [-0.05, 0) is 42.8 Å². The summed E-state index contributed by atoms with van der Waals surface area (Å²) in [5, 5.41) is 12.0. The third kappa shape index (κ3) is 4.70. The lowest BCUT2D eigenvalue weighted by Gasteiger charge is -2.23. The molecule has 0 radical (unpaired) electrons. The molecular weight excluding hydrogens is 515 g/mol. The van der Waals surface area contributed by atoms with E-state index >= 15 is 4.39 Å². The van der Waals surface area contributed by atoms with Gasteiger partial charge >= 0.3 is 5.91 Å². The molecule has 4 aromatic rings. The van der Waals surface area contributed by atoms with Gasteiger partial charge in [0, 0.05) is 16.1 Å². The van der Waals surface area contributed by atoms with Gasteiger partial charge in [-0.25, -0.2) is 9.37 Å². The predicted octanol–water partition coefficient (Wildman–Crippen LogP) is 6.89. The number of hydrogen-bond donors (Lipinski definition) is 1. The van der Waals surface area contributed by atoms with E-state index in [2.05, 4.69) is 4.98 Å². The van der Waals surface area contributed by atoms with Gasteiger partial charge < -0.3 is 9.84 Å². The average molecular weight is 537 g/mol. The Morgan fingerprint density at radius 3 is 2.73 bits per heavy atom. The van der Waals surface area contributed by atoms with Gasteiger partial charge in [0.25, 0.3) is 5.78 Å². The first-order valence-corrected chi connectivity index (χ1v) is 12.9. The van der Waals surface area contributed by atoms with E-state index in [0.29, 0.717) is 27.6 Å². The molecule has 1 N–H and O–H groups in total. The van der Waals surface area contributed by atoms with Gasteiger partial charge in [-0.15, -0.1) is 0 Å². The SMILES string of the molecule is CCCCOc1cccc(/C(O)=C2\C(=O)C(=O)N(c3nc4ccc(Cl)cc4s3)C2c2ccccc2F)c1. The number of halogens is 2. The van der Waals surface area contributed by atoms with Crippen LogP contribution in [0.1, 0.15) is 36.9 Å². The number of ether oxygens (including phenoxy) is 1. The normalized spacial score (nSPS) is 17.1. The molecule has 3 aromatic carbocycles. The average Bonchev–Trinajstić information content (AvgIpc) is 3.42. The molecule has 1 aromatic heterocycles. The number of Topliss-reactive ketones (excluding diaryl/α,β-unsaturated/α-hetero) is 1. The van der Waals surface area contributed by atoms with Gasteiger partial charge in [-0.2, -0.15) is 0 Å². The summed E-state index contributed by atoms with van der Waals surface area (Å²) in [5.74, 6) is -2.36. The van der Waals surface area contributed by atoms with Crippen molar-refractivity contribution in [2.75, 3.05) is 11.5 Å². The first kappa shape index (κ1) is 24.9. The highest BCUT2D eigenvalue weighted by Crippen LogP contribution is 2.45. The molecule has 188 valence electrons. The van der Waals surface area contributed by atoms with Gasteiger partial charge in [-0.3, -0.25) is 14.5 Å². The van der Waals surface area contributed by atoms with Crippen LogP contribution in [0.2, 0.25) is 5.02 Å². The summed E-state index contributed by atoms with van der Waals surface area (Å²) < 4.78 is 21.5. The van der Waals surface area contributed by atoms with Crippen LogP contribution < -0.4 is 9.64 Å². The number of aliphatic hydroxyl groups is 1. The summed E-state index contributed by atoms with van der Waals surface area (Å²) in [7, 11) is 0. The molecule has 1 unspecified atom stereocenters. The number of carbonyl (C=O) groups is 2. The Morgan fingerprint density at radius 1 is 1.14 bits per heavy atom. The minimum Gasteiger partial charge on any atom is -0.507 e. The lowest BCUT2D eigenvalue weighted by atomic mass is 9.95. The Morgan fingerprint density at radius 2 is 1.95 bits per heavy atom. The van der Waals surface area contributed by atoms with Crippen LogP contribution in [-0.2, 0) is 9.59 Å². The Hall–Kier alpha value is -3.75. The van der Waals surface area contributed by atoms with Crippen molar-refractivity contribution < 1.29 is 23.8 Å². The standard InChI is InChI=1S/C28H22ClFN2O4S/c1-2-3-13-36-18-8-6-7-16(14-18)25(33)23-24(19-9-4-5-10-20(19)30)32(27(35)26(23)34)28-31-21-12-11-17(29)15-22(21)37-28/h4-12,14-15,24,33H,2-3,13H2,1H3/b25-23+. The number of amides is 1. The van der Waals surface area contributed by atoms with Crippen LogP contribution in [0.15, 0.2) is 72.3 Å². The number of ketones is 1. The Balaban J connectivity index is 1.66. The lowest BCUT2D eigenvalue weighted by Crippen LogP contribution is -2.29. The highest BCUT2D eigenvalue weighted by molar-refractivity contribution is 7.22. The Kier molecular flexibility index (Phi) is 6.95. The van der Waals surface area contributed by atoms with Crippen LogP contribution in [-0.4, -0.2) is 28.4 Å². The molecule has 1 aliphatic rings. The molecule has 1 fully saturated rings. The summed E-state index contributed by atoms with van der Waals surface area (Å²) in [6.45, 7) is 2.55. The molecule has 1 atom stereocenters. The van der Waals surface area contributed by atoms with Gasteiger partial charge in [0.05, 0.1) is 22.4 Å². The second-order valence-electron chi connectivity index (χ2n) is 8.53. The minimum atomic E-state index is -1.22. The van der Waals surface area contributed by atoms with Crippen molar-refractivity contribution in [2.24, 2.45) is 0 Å². The molecule has 9 heteroatoms. The zero-order valence-corrected chi connectivity index (χ0v) is 21.4. The van der Waals surface area contributed by atoms with E-state index < -0.39 is 29.3 Å². The van der Waals surface area contributed by atoms with Crippen molar-refractivity contribution in [1.29, 1.82) is 0 Å². The van der Waals surface area contributed by atoms with Gasteiger partial charge in [0.2, 0.25) is 0 Å². The quantitative estimate of drug-likeness (QED) is 0.120. The van der Waals surface area contributed by atoms with Gasteiger partial charge in [0.1, 0.15) is 23.4 Å².